The predicted octanol–water partition coefficient (Wildman–Crippen LogP) is 5.97. The highest BCUT2D eigenvalue weighted by molar-refractivity contribution is 6.42. The van der Waals surface area contributed by atoms with E-state index >= 15 is 0 Å². The van der Waals surface area contributed by atoms with Crippen LogP contribution in [0.15, 0.2) is 71.1 Å². The fourth-order valence-electron chi connectivity index (χ4n) is 2.99. The van der Waals surface area contributed by atoms with Gasteiger partial charge in [-0.25, -0.2) is 0 Å². The molecule has 2 aromatic carbocycles. The van der Waals surface area contributed by atoms with Crippen LogP contribution in [0, 0.1) is 6.92 Å². The van der Waals surface area contributed by atoms with E-state index in [9.17, 15) is 4.79 Å². The van der Waals surface area contributed by atoms with Crippen molar-refractivity contribution in [2.75, 3.05) is 5.32 Å². The molecule has 0 saturated heterocycles. The summed E-state index contributed by atoms with van der Waals surface area (Å²) in [6.07, 6.45) is 0. The molecular formula is C23H19Cl2N3O3. The van der Waals surface area contributed by atoms with E-state index < -0.39 is 5.91 Å². The summed E-state index contributed by atoms with van der Waals surface area (Å²) in [5.41, 5.74) is 2.06. The molecule has 0 aliphatic carbocycles. The first-order valence-electron chi connectivity index (χ1n) is 9.55. The van der Waals surface area contributed by atoms with E-state index in [0.29, 0.717) is 33.9 Å². The van der Waals surface area contributed by atoms with Crippen LogP contribution in [0.5, 0.6) is 5.75 Å². The van der Waals surface area contributed by atoms with E-state index in [1.807, 2.05) is 48.0 Å². The second kappa shape index (κ2) is 9.29. The van der Waals surface area contributed by atoms with E-state index in [-0.39, 0.29) is 12.4 Å². The van der Waals surface area contributed by atoms with E-state index in [1.54, 1.807) is 30.3 Å². The molecule has 2 heterocycles. The Balaban J connectivity index is 1.38. The van der Waals surface area contributed by atoms with Crippen molar-refractivity contribution in [3.63, 3.8) is 0 Å². The number of carbonyl (C=O) groups is 1. The molecule has 0 atom stereocenters. The van der Waals surface area contributed by atoms with Gasteiger partial charge in [-0.3, -0.25) is 9.48 Å². The summed E-state index contributed by atoms with van der Waals surface area (Å²) in [4.78, 5) is 12.5. The molecule has 158 valence electrons. The van der Waals surface area contributed by atoms with Crippen LogP contribution in [0.3, 0.4) is 0 Å². The fourth-order valence-corrected chi connectivity index (χ4v) is 3.33. The quantitative estimate of drug-likeness (QED) is 0.372. The number of amides is 1. The van der Waals surface area contributed by atoms with Gasteiger partial charge < -0.3 is 14.5 Å². The third-order valence-electron chi connectivity index (χ3n) is 4.57. The van der Waals surface area contributed by atoms with Gasteiger partial charge in [0.25, 0.3) is 5.91 Å². The van der Waals surface area contributed by atoms with Crippen LogP contribution in [0.25, 0.3) is 0 Å². The predicted molar refractivity (Wildman–Crippen MR) is 120 cm³/mol. The molecular weight excluding hydrogens is 437 g/mol. The van der Waals surface area contributed by atoms with Gasteiger partial charge in [-0.15, -0.1) is 0 Å². The molecule has 0 spiro atoms. The Bertz CT molecular complexity index is 1200. The minimum atomic E-state index is -0.392. The van der Waals surface area contributed by atoms with Crippen LogP contribution in [-0.4, -0.2) is 15.7 Å². The Labute approximate surface area is 189 Å². The van der Waals surface area contributed by atoms with Crippen molar-refractivity contribution in [1.29, 1.82) is 0 Å². The Morgan fingerprint density at radius 2 is 1.90 bits per heavy atom. The number of nitrogens with one attached hydrogen (secondary N) is 1. The molecule has 6 nitrogen and oxygen atoms in total. The van der Waals surface area contributed by atoms with Crippen LogP contribution in [0.2, 0.25) is 10.0 Å². The molecule has 0 aliphatic rings. The highest BCUT2D eigenvalue weighted by Gasteiger charge is 2.15. The van der Waals surface area contributed by atoms with Gasteiger partial charge in [-0.1, -0.05) is 59.6 Å². The zero-order chi connectivity index (χ0) is 21.8. The molecule has 31 heavy (non-hydrogen) atoms. The summed E-state index contributed by atoms with van der Waals surface area (Å²) >= 11 is 12.1. The molecule has 8 heteroatoms. The van der Waals surface area contributed by atoms with E-state index in [0.717, 1.165) is 11.3 Å². The maximum Gasteiger partial charge on any atom is 0.292 e. The third-order valence-corrected chi connectivity index (χ3v) is 5.37. The van der Waals surface area contributed by atoms with Gasteiger partial charge in [0.1, 0.15) is 23.1 Å². The van der Waals surface area contributed by atoms with Crippen LogP contribution in [-0.2, 0) is 13.2 Å². The first-order chi connectivity index (χ1) is 15.0. The van der Waals surface area contributed by atoms with E-state index in [1.165, 1.54) is 0 Å². The lowest BCUT2D eigenvalue weighted by molar-refractivity contribution is 0.0992. The Kier molecular flexibility index (Phi) is 6.30. The van der Waals surface area contributed by atoms with Crippen LogP contribution >= 0.6 is 23.2 Å². The number of hydrogen-bond donors (Lipinski definition) is 1. The number of aryl methyl sites for hydroxylation is 1. The smallest absolute Gasteiger partial charge is 0.292 e. The largest absolute Gasteiger partial charge is 0.484 e. The molecule has 0 unspecified atom stereocenters. The first kappa shape index (κ1) is 21.0. The minimum Gasteiger partial charge on any atom is -0.484 e. The number of benzene rings is 2. The van der Waals surface area contributed by atoms with E-state index in [2.05, 4.69) is 10.4 Å². The number of halogens is 2. The molecule has 0 aliphatic heterocycles. The zero-order valence-corrected chi connectivity index (χ0v) is 18.2. The number of nitrogens with zero attached hydrogens (tertiary/aromatic N) is 2. The monoisotopic (exact) mass is 455 g/mol. The number of furan rings is 1. The van der Waals surface area contributed by atoms with Crippen LogP contribution < -0.4 is 10.1 Å². The number of carbonyl (C=O) groups excluding carboxylic acids is 1. The number of anilines is 1. The number of aromatic nitrogens is 2. The van der Waals surface area contributed by atoms with E-state index in [4.69, 9.17) is 32.4 Å². The Hall–Kier alpha value is -3.22. The first-order valence-corrected chi connectivity index (χ1v) is 10.3. The molecule has 1 amide bonds. The molecule has 0 bridgehead atoms. The van der Waals surface area contributed by atoms with Crippen molar-refractivity contribution in [1.82, 2.24) is 9.78 Å². The molecule has 2 aromatic heterocycles. The molecule has 1 N–H and O–H groups in total. The summed E-state index contributed by atoms with van der Waals surface area (Å²) in [5.74, 6) is 1.14. The number of hydrogen-bond acceptors (Lipinski definition) is 4. The van der Waals surface area contributed by atoms with Gasteiger partial charge in [-0.05, 0) is 36.8 Å². The van der Waals surface area contributed by atoms with Gasteiger partial charge in [0.2, 0.25) is 0 Å². The average Bonchev–Trinajstić information content (AvgIpc) is 3.37. The lowest BCUT2D eigenvalue weighted by Gasteiger charge is -2.07. The van der Waals surface area contributed by atoms with Crippen molar-refractivity contribution in [3.8, 4) is 5.75 Å². The second-order valence-corrected chi connectivity index (χ2v) is 7.66. The SMILES string of the molecule is Cc1cc(NC(=O)c2ccc(COc3cccc(Cl)c3Cl)o2)nn1Cc1ccccc1. The topological polar surface area (TPSA) is 69.3 Å². The molecule has 4 rings (SSSR count). The van der Waals surface area contributed by atoms with Crippen molar-refractivity contribution in [2.24, 2.45) is 0 Å². The lowest BCUT2D eigenvalue weighted by atomic mass is 10.2. The zero-order valence-electron chi connectivity index (χ0n) is 16.6. The highest BCUT2D eigenvalue weighted by Crippen LogP contribution is 2.32. The normalized spacial score (nSPS) is 10.8. The van der Waals surface area contributed by atoms with Gasteiger partial charge in [-0.2, -0.15) is 5.10 Å². The third kappa shape index (κ3) is 5.10. The molecule has 0 radical (unpaired) electrons. The maximum absolute atomic E-state index is 12.5. The lowest BCUT2D eigenvalue weighted by Crippen LogP contribution is -2.12. The van der Waals surface area contributed by atoms with Gasteiger partial charge >= 0.3 is 0 Å². The van der Waals surface area contributed by atoms with Crippen molar-refractivity contribution < 1.29 is 13.9 Å². The summed E-state index contributed by atoms with van der Waals surface area (Å²) in [6, 6.07) is 20.2. The summed E-state index contributed by atoms with van der Waals surface area (Å²) in [5, 5.41) is 7.96. The Morgan fingerprint density at radius 3 is 2.71 bits per heavy atom. The summed E-state index contributed by atoms with van der Waals surface area (Å²) in [7, 11) is 0. The van der Waals surface area contributed by atoms with Crippen molar-refractivity contribution >= 4 is 34.9 Å². The van der Waals surface area contributed by atoms with Gasteiger partial charge in [0, 0.05) is 11.8 Å². The highest BCUT2D eigenvalue weighted by atomic mass is 35.5. The fraction of sp³-hybridized carbons (Fsp3) is 0.130. The number of rotatable bonds is 7. The van der Waals surface area contributed by atoms with Crippen LogP contribution in [0.4, 0.5) is 5.82 Å². The molecule has 0 fully saturated rings. The van der Waals surface area contributed by atoms with Crippen molar-refractivity contribution in [2.45, 2.75) is 20.1 Å². The molecule has 0 saturated carbocycles. The summed E-state index contributed by atoms with van der Waals surface area (Å²) in [6.45, 7) is 2.67. The second-order valence-electron chi connectivity index (χ2n) is 6.87. The van der Waals surface area contributed by atoms with Gasteiger partial charge in [0.15, 0.2) is 11.6 Å². The average molecular weight is 456 g/mol. The summed E-state index contributed by atoms with van der Waals surface area (Å²) < 4.78 is 13.1. The van der Waals surface area contributed by atoms with Crippen LogP contribution in [0.1, 0.15) is 27.6 Å². The standard InChI is InChI=1S/C23H19Cl2N3O3/c1-15-12-21(27-28(15)13-16-6-3-2-4-7-16)26-23(29)20-11-10-17(31-20)14-30-19-9-5-8-18(24)22(19)25/h2-12H,13-14H2,1H3,(H,26,27,29). The van der Waals surface area contributed by atoms with Crippen molar-refractivity contribution in [3.05, 3.63) is 99.6 Å². The number of ether oxygens (including phenoxy) is 1. The van der Waals surface area contributed by atoms with Gasteiger partial charge in [0.05, 0.1) is 11.6 Å². The Morgan fingerprint density at radius 1 is 1.10 bits per heavy atom. The molecule has 4 aromatic rings. The minimum absolute atomic E-state index is 0.109. The maximum atomic E-state index is 12.5.